The van der Waals surface area contributed by atoms with Crippen LogP contribution in [0.3, 0.4) is 0 Å². The third kappa shape index (κ3) is 2.63. The zero-order valence-corrected chi connectivity index (χ0v) is 13.4. The SMILES string of the molecule is CC[C@H]1CN(CN2C(=O)C(=O)c3c(Br)cccc32)CCO1. The molecule has 0 radical (unpaired) electrons. The molecule has 0 aromatic heterocycles. The Kier molecular flexibility index (Phi) is 4.10. The minimum Gasteiger partial charge on any atom is -0.376 e. The standard InChI is InChI=1S/C15H17BrN2O3/c1-2-10-8-17(6-7-21-10)9-18-12-5-3-4-11(16)13(12)14(19)15(18)20/h3-5,10H,2,6-9H2,1H3/t10-/m0/s1. The molecule has 1 atom stereocenters. The molecule has 2 aliphatic heterocycles. The van der Waals surface area contributed by atoms with Gasteiger partial charge in [0.25, 0.3) is 5.78 Å². The van der Waals surface area contributed by atoms with Gasteiger partial charge in [-0.15, -0.1) is 0 Å². The summed E-state index contributed by atoms with van der Waals surface area (Å²) in [5.74, 6) is -0.880. The molecule has 0 saturated carbocycles. The van der Waals surface area contributed by atoms with E-state index in [1.807, 2.05) is 12.1 Å². The van der Waals surface area contributed by atoms with Crippen LogP contribution in [-0.2, 0) is 9.53 Å². The summed E-state index contributed by atoms with van der Waals surface area (Å²) in [6.07, 6.45) is 1.15. The molecule has 0 N–H and O–H groups in total. The number of carbonyl (C=O) groups is 2. The number of hydrogen-bond donors (Lipinski definition) is 0. The molecule has 0 bridgehead atoms. The number of morpholine rings is 1. The third-order valence-electron chi connectivity index (χ3n) is 3.97. The lowest BCUT2D eigenvalue weighted by atomic mass is 10.1. The van der Waals surface area contributed by atoms with Crippen molar-refractivity contribution in [2.75, 3.05) is 31.3 Å². The molecule has 6 heteroatoms. The lowest BCUT2D eigenvalue weighted by molar-refractivity contribution is -0.115. The number of rotatable bonds is 3. The maximum atomic E-state index is 12.2. The monoisotopic (exact) mass is 352 g/mol. The molecule has 0 spiro atoms. The van der Waals surface area contributed by atoms with Crippen LogP contribution in [0.4, 0.5) is 5.69 Å². The van der Waals surface area contributed by atoms with E-state index >= 15 is 0 Å². The molecule has 2 heterocycles. The summed E-state index contributed by atoms with van der Waals surface area (Å²) in [7, 11) is 0. The predicted molar refractivity (Wildman–Crippen MR) is 82.4 cm³/mol. The summed E-state index contributed by atoms with van der Waals surface area (Å²) in [6.45, 7) is 4.76. The number of hydrogen-bond acceptors (Lipinski definition) is 4. The number of carbonyl (C=O) groups excluding carboxylic acids is 2. The van der Waals surface area contributed by atoms with Gasteiger partial charge in [-0.25, -0.2) is 0 Å². The van der Waals surface area contributed by atoms with Gasteiger partial charge in [0.2, 0.25) is 0 Å². The van der Waals surface area contributed by atoms with Crippen LogP contribution in [-0.4, -0.2) is 49.1 Å². The maximum absolute atomic E-state index is 12.2. The van der Waals surface area contributed by atoms with Crippen molar-refractivity contribution in [2.24, 2.45) is 0 Å². The van der Waals surface area contributed by atoms with E-state index in [-0.39, 0.29) is 6.10 Å². The van der Waals surface area contributed by atoms with E-state index in [9.17, 15) is 9.59 Å². The second kappa shape index (κ2) is 5.87. The van der Waals surface area contributed by atoms with Gasteiger partial charge in [0.1, 0.15) is 0 Å². The molecule has 1 aromatic rings. The van der Waals surface area contributed by atoms with Crippen molar-refractivity contribution in [2.45, 2.75) is 19.4 Å². The van der Waals surface area contributed by atoms with Gasteiger partial charge >= 0.3 is 5.91 Å². The Bertz CT molecular complexity index is 590. The fourth-order valence-corrected chi connectivity index (χ4v) is 3.33. The predicted octanol–water partition coefficient (Wildman–Crippen LogP) is 2.05. The highest BCUT2D eigenvalue weighted by atomic mass is 79.9. The van der Waals surface area contributed by atoms with Crippen LogP contribution in [0.15, 0.2) is 22.7 Å². The van der Waals surface area contributed by atoms with E-state index in [1.165, 1.54) is 0 Å². The summed E-state index contributed by atoms with van der Waals surface area (Å²) >= 11 is 3.36. The van der Waals surface area contributed by atoms with E-state index < -0.39 is 11.7 Å². The minimum absolute atomic E-state index is 0.203. The van der Waals surface area contributed by atoms with Crippen molar-refractivity contribution in [3.05, 3.63) is 28.2 Å². The smallest absolute Gasteiger partial charge is 0.300 e. The molecule has 1 amide bonds. The van der Waals surface area contributed by atoms with Crippen LogP contribution in [0.2, 0.25) is 0 Å². The van der Waals surface area contributed by atoms with Crippen molar-refractivity contribution in [1.29, 1.82) is 0 Å². The van der Waals surface area contributed by atoms with Crippen LogP contribution >= 0.6 is 15.9 Å². The largest absolute Gasteiger partial charge is 0.376 e. The molecule has 1 saturated heterocycles. The average molecular weight is 353 g/mol. The first-order valence-corrected chi connectivity index (χ1v) is 7.89. The molecule has 1 fully saturated rings. The van der Waals surface area contributed by atoms with Crippen LogP contribution in [0.1, 0.15) is 23.7 Å². The summed E-state index contributed by atoms with van der Waals surface area (Å²) in [4.78, 5) is 28.1. The third-order valence-corrected chi connectivity index (χ3v) is 4.63. The summed E-state index contributed by atoms with van der Waals surface area (Å²) < 4.78 is 6.31. The molecule has 112 valence electrons. The number of halogens is 1. The van der Waals surface area contributed by atoms with Gasteiger partial charge in [0.05, 0.1) is 30.6 Å². The molecule has 0 aliphatic carbocycles. The van der Waals surface area contributed by atoms with Crippen molar-refractivity contribution in [3.63, 3.8) is 0 Å². The topological polar surface area (TPSA) is 49.9 Å². The van der Waals surface area contributed by atoms with Crippen LogP contribution in [0.5, 0.6) is 0 Å². The molecule has 21 heavy (non-hydrogen) atoms. The van der Waals surface area contributed by atoms with Crippen molar-refractivity contribution < 1.29 is 14.3 Å². The van der Waals surface area contributed by atoms with E-state index in [1.54, 1.807) is 11.0 Å². The fourth-order valence-electron chi connectivity index (χ4n) is 2.80. The lowest BCUT2D eigenvalue weighted by Gasteiger charge is -2.34. The molecule has 3 rings (SSSR count). The Morgan fingerprint density at radius 1 is 1.38 bits per heavy atom. The van der Waals surface area contributed by atoms with Gasteiger partial charge in [-0.2, -0.15) is 0 Å². The molecule has 0 unspecified atom stereocenters. The Hall–Kier alpha value is -1.24. The van der Waals surface area contributed by atoms with Crippen LogP contribution in [0.25, 0.3) is 0 Å². The van der Waals surface area contributed by atoms with Crippen LogP contribution < -0.4 is 4.90 Å². The number of amides is 1. The van der Waals surface area contributed by atoms with Crippen molar-refractivity contribution >= 4 is 33.3 Å². The fraction of sp³-hybridized carbons (Fsp3) is 0.467. The summed E-state index contributed by atoms with van der Waals surface area (Å²) in [5.41, 5.74) is 1.17. The molecule has 2 aliphatic rings. The highest BCUT2D eigenvalue weighted by Crippen LogP contribution is 2.34. The number of ketones is 1. The number of benzene rings is 1. The highest BCUT2D eigenvalue weighted by Gasteiger charge is 2.38. The second-order valence-electron chi connectivity index (χ2n) is 5.32. The lowest BCUT2D eigenvalue weighted by Crippen LogP contribution is -2.48. The Morgan fingerprint density at radius 3 is 2.95 bits per heavy atom. The van der Waals surface area contributed by atoms with Gasteiger partial charge in [-0.3, -0.25) is 19.4 Å². The van der Waals surface area contributed by atoms with E-state index in [4.69, 9.17) is 4.74 Å². The van der Waals surface area contributed by atoms with Crippen molar-refractivity contribution in [3.8, 4) is 0 Å². The van der Waals surface area contributed by atoms with Gasteiger partial charge in [-0.05, 0) is 34.5 Å². The minimum atomic E-state index is -0.448. The van der Waals surface area contributed by atoms with Gasteiger partial charge < -0.3 is 4.74 Å². The van der Waals surface area contributed by atoms with Gasteiger partial charge in [0.15, 0.2) is 0 Å². The van der Waals surface area contributed by atoms with Gasteiger partial charge in [-0.1, -0.05) is 13.0 Å². The summed E-state index contributed by atoms with van der Waals surface area (Å²) in [6, 6.07) is 5.45. The zero-order valence-electron chi connectivity index (χ0n) is 11.8. The second-order valence-corrected chi connectivity index (χ2v) is 6.17. The van der Waals surface area contributed by atoms with Gasteiger partial charge in [0, 0.05) is 17.6 Å². The number of nitrogens with zero attached hydrogens (tertiary/aromatic N) is 2. The number of anilines is 1. The molecule has 5 nitrogen and oxygen atoms in total. The molecular formula is C15H17BrN2O3. The Balaban J connectivity index is 1.82. The maximum Gasteiger partial charge on any atom is 0.300 e. The number of fused-ring (bicyclic) bond motifs is 1. The normalized spacial score (nSPS) is 22.8. The van der Waals surface area contributed by atoms with E-state index in [2.05, 4.69) is 27.8 Å². The average Bonchev–Trinajstić information content (AvgIpc) is 2.74. The first-order chi connectivity index (χ1) is 10.1. The zero-order chi connectivity index (χ0) is 15.0. The quantitative estimate of drug-likeness (QED) is 0.781. The number of Topliss-reactive ketones (excluding diaryl/α,β-unsaturated/α-hetero) is 1. The summed E-state index contributed by atoms with van der Waals surface area (Å²) in [5, 5.41) is 0. The van der Waals surface area contributed by atoms with E-state index in [0.717, 1.165) is 19.5 Å². The first-order valence-electron chi connectivity index (χ1n) is 7.10. The Labute approximate surface area is 132 Å². The van der Waals surface area contributed by atoms with E-state index in [0.29, 0.717) is 29.0 Å². The first kappa shape index (κ1) is 14.7. The van der Waals surface area contributed by atoms with Crippen LogP contribution in [0, 0.1) is 0 Å². The van der Waals surface area contributed by atoms with Crippen molar-refractivity contribution in [1.82, 2.24) is 4.90 Å². The molecular weight excluding hydrogens is 336 g/mol. The molecule has 1 aromatic carbocycles. The highest BCUT2D eigenvalue weighted by molar-refractivity contribution is 9.10. The Morgan fingerprint density at radius 2 is 2.19 bits per heavy atom. The number of ether oxygens (including phenoxy) is 1.